The van der Waals surface area contributed by atoms with Gasteiger partial charge in [0.05, 0.1) is 7.11 Å². The zero-order valence-electron chi connectivity index (χ0n) is 13.8. The second kappa shape index (κ2) is 7.28. The molecule has 1 saturated carbocycles. The summed E-state index contributed by atoms with van der Waals surface area (Å²) in [4.78, 5) is 2.61. The number of ether oxygens (including phenoxy) is 1. The van der Waals surface area contributed by atoms with Crippen LogP contribution >= 0.6 is 0 Å². The third kappa shape index (κ3) is 4.21. The van der Waals surface area contributed by atoms with Crippen LogP contribution in [-0.2, 0) is 6.42 Å². The van der Waals surface area contributed by atoms with Gasteiger partial charge in [-0.15, -0.1) is 0 Å². The first kappa shape index (κ1) is 16.3. The summed E-state index contributed by atoms with van der Waals surface area (Å²) in [5.74, 6) is 1.86. The lowest BCUT2D eigenvalue weighted by Crippen LogP contribution is -2.54. The maximum absolute atomic E-state index is 6.19. The Hall–Kier alpha value is -1.06. The minimum Gasteiger partial charge on any atom is -0.496 e. The Morgan fingerprint density at radius 1 is 1.33 bits per heavy atom. The molecule has 118 valence electrons. The third-order valence-electron chi connectivity index (χ3n) is 4.64. The number of hydrogen-bond acceptors (Lipinski definition) is 3. The van der Waals surface area contributed by atoms with Crippen LogP contribution in [0.5, 0.6) is 5.75 Å². The number of rotatable bonds is 9. The van der Waals surface area contributed by atoms with E-state index in [0.29, 0.717) is 6.54 Å². The molecule has 1 aromatic carbocycles. The number of methoxy groups -OCH3 is 1. The lowest BCUT2D eigenvalue weighted by Gasteiger charge is -2.41. The fourth-order valence-corrected chi connectivity index (χ4v) is 3.04. The summed E-state index contributed by atoms with van der Waals surface area (Å²) in [6.07, 6.45) is 4.89. The molecule has 1 fully saturated rings. The zero-order chi connectivity index (χ0) is 15.3. The van der Waals surface area contributed by atoms with Crippen molar-refractivity contribution in [1.29, 1.82) is 0 Å². The molecule has 2 N–H and O–H groups in total. The summed E-state index contributed by atoms with van der Waals surface area (Å²) in [5, 5.41) is 0. The van der Waals surface area contributed by atoms with Crippen molar-refractivity contribution in [1.82, 2.24) is 4.90 Å². The smallest absolute Gasteiger partial charge is 0.122 e. The highest BCUT2D eigenvalue weighted by Gasteiger charge is 2.35. The molecule has 1 unspecified atom stereocenters. The molecule has 1 aliphatic carbocycles. The summed E-state index contributed by atoms with van der Waals surface area (Å²) >= 11 is 0. The first-order valence-electron chi connectivity index (χ1n) is 8.20. The van der Waals surface area contributed by atoms with E-state index in [9.17, 15) is 0 Å². The molecule has 0 bridgehead atoms. The molecular weight excluding hydrogens is 260 g/mol. The minimum absolute atomic E-state index is 0.00718. The predicted octanol–water partition coefficient (Wildman–Crippen LogP) is 3.08. The van der Waals surface area contributed by atoms with Gasteiger partial charge in [0.2, 0.25) is 0 Å². The van der Waals surface area contributed by atoms with Crippen molar-refractivity contribution in [3.63, 3.8) is 0 Å². The van der Waals surface area contributed by atoms with Crippen molar-refractivity contribution in [2.75, 3.05) is 26.7 Å². The second-order valence-electron chi connectivity index (χ2n) is 6.58. The van der Waals surface area contributed by atoms with Gasteiger partial charge in [-0.3, -0.25) is 4.90 Å². The Labute approximate surface area is 129 Å². The standard InChI is InChI=1S/C18H30N2O/c1-4-11-20(13-15-9-10-15)18(2,14-19)12-16-7-5-6-8-17(16)21-3/h5-8,15H,4,9-14,19H2,1-3H3. The Balaban J connectivity index is 2.16. The number of nitrogens with two attached hydrogens (primary N) is 1. The number of para-hydroxylation sites is 1. The summed E-state index contributed by atoms with van der Waals surface area (Å²) in [7, 11) is 1.74. The molecule has 3 nitrogen and oxygen atoms in total. The molecule has 0 saturated heterocycles. The van der Waals surface area contributed by atoms with Crippen LogP contribution in [-0.4, -0.2) is 37.2 Å². The van der Waals surface area contributed by atoms with Crippen molar-refractivity contribution in [2.45, 2.75) is 45.1 Å². The van der Waals surface area contributed by atoms with E-state index in [1.54, 1.807) is 7.11 Å². The van der Waals surface area contributed by atoms with E-state index in [2.05, 4.69) is 30.9 Å². The highest BCUT2D eigenvalue weighted by molar-refractivity contribution is 5.34. The molecule has 1 atom stereocenters. The maximum Gasteiger partial charge on any atom is 0.122 e. The van der Waals surface area contributed by atoms with Gasteiger partial charge in [-0.2, -0.15) is 0 Å². The van der Waals surface area contributed by atoms with E-state index in [-0.39, 0.29) is 5.54 Å². The molecule has 0 heterocycles. The first-order chi connectivity index (χ1) is 10.1. The first-order valence-corrected chi connectivity index (χ1v) is 8.20. The topological polar surface area (TPSA) is 38.5 Å². The van der Waals surface area contributed by atoms with Gasteiger partial charge in [0.1, 0.15) is 5.75 Å². The van der Waals surface area contributed by atoms with Crippen LogP contribution in [0.25, 0.3) is 0 Å². The summed E-state index contributed by atoms with van der Waals surface area (Å²) in [6, 6.07) is 8.31. The minimum atomic E-state index is 0.00718. The SMILES string of the molecule is CCCN(CC1CC1)C(C)(CN)Cc1ccccc1OC. The van der Waals surface area contributed by atoms with Crippen molar-refractivity contribution in [2.24, 2.45) is 11.7 Å². The lowest BCUT2D eigenvalue weighted by atomic mass is 9.89. The van der Waals surface area contributed by atoms with E-state index >= 15 is 0 Å². The summed E-state index contributed by atoms with van der Waals surface area (Å²) in [5.41, 5.74) is 7.45. The summed E-state index contributed by atoms with van der Waals surface area (Å²) in [6.45, 7) is 7.55. The van der Waals surface area contributed by atoms with E-state index in [1.807, 2.05) is 12.1 Å². The highest BCUT2D eigenvalue weighted by Crippen LogP contribution is 2.33. The second-order valence-corrected chi connectivity index (χ2v) is 6.58. The molecule has 1 aliphatic rings. The quantitative estimate of drug-likeness (QED) is 0.759. The number of benzene rings is 1. The van der Waals surface area contributed by atoms with Crippen LogP contribution in [0.1, 0.15) is 38.7 Å². The molecule has 3 heteroatoms. The van der Waals surface area contributed by atoms with Gasteiger partial charge in [-0.05, 0) is 56.7 Å². The molecular formula is C18H30N2O. The normalized spacial score (nSPS) is 17.8. The Kier molecular flexibility index (Phi) is 5.65. The van der Waals surface area contributed by atoms with Crippen LogP contribution < -0.4 is 10.5 Å². The molecule has 0 amide bonds. The van der Waals surface area contributed by atoms with Gasteiger partial charge in [-0.25, -0.2) is 0 Å². The van der Waals surface area contributed by atoms with Crippen molar-refractivity contribution in [3.8, 4) is 5.75 Å². The Morgan fingerprint density at radius 3 is 2.62 bits per heavy atom. The van der Waals surface area contributed by atoms with Crippen molar-refractivity contribution < 1.29 is 4.74 Å². The van der Waals surface area contributed by atoms with Crippen LogP contribution in [0.2, 0.25) is 0 Å². The lowest BCUT2D eigenvalue weighted by molar-refractivity contribution is 0.103. The maximum atomic E-state index is 6.19. The Morgan fingerprint density at radius 2 is 2.05 bits per heavy atom. The van der Waals surface area contributed by atoms with Crippen LogP contribution in [0.3, 0.4) is 0 Å². The van der Waals surface area contributed by atoms with Gasteiger partial charge in [0.25, 0.3) is 0 Å². The monoisotopic (exact) mass is 290 g/mol. The number of nitrogens with zero attached hydrogens (tertiary/aromatic N) is 1. The highest BCUT2D eigenvalue weighted by atomic mass is 16.5. The zero-order valence-corrected chi connectivity index (χ0v) is 13.8. The van der Waals surface area contributed by atoms with Gasteiger partial charge in [0.15, 0.2) is 0 Å². The fourth-order valence-electron chi connectivity index (χ4n) is 3.04. The van der Waals surface area contributed by atoms with E-state index in [1.165, 1.54) is 31.4 Å². The van der Waals surface area contributed by atoms with E-state index < -0.39 is 0 Å². The average molecular weight is 290 g/mol. The van der Waals surface area contributed by atoms with Crippen LogP contribution in [0.4, 0.5) is 0 Å². The fraction of sp³-hybridized carbons (Fsp3) is 0.667. The van der Waals surface area contributed by atoms with Crippen LogP contribution in [0, 0.1) is 5.92 Å². The largest absolute Gasteiger partial charge is 0.496 e. The van der Waals surface area contributed by atoms with Crippen molar-refractivity contribution in [3.05, 3.63) is 29.8 Å². The Bertz CT molecular complexity index is 445. The predicted molar refractivity (Wildman–Crippen MR) is 88.7 cm³/mol. The number of hydrogen-bond donors (Lipinski definition) is 1. The molecule has 0 spiro atoms. The molecule has 2 rings (SSSR count). The summed E-state index contributed by atoms with van der Waals surface area (Å²) < 4.78 is 5.51. The average Bonchev–Trinajstić information content (AvgIpc) is 3.31. The molecule has 0 aliphatic heterocycles. The molecule has 21 heavy (non-hydrogen) atoms. The molecule has 1 aromatic rings. The van der Waals surface area contributed by atoms with Gasteiger partial charge >= 0.3 is 0 Å². The van der Waals surface area contributed by atoms with Crippen LogP contribution in [0.15, 0.2) is 24.3 Å². The molecule has 0 radical (unpaired) electrons. The van der Waals surface area contributed by atoms with E-state index in [0.717, 1.165) is 24.6 Å². The van der Waals surface area contributed by atoms with Gasteiger partial charge in [0, 0.05) is 18.6 Å². The van der Waals surface area contributed by atoms with Gasteiger partial charge < -0.3 is 10.5 Å². The molecule has 0 aromatic heterocycles. The third-order valence-corrected chi connectivity index (χ3v) is 4.64. The van der Waals surface area contributed by atoms with Crippen molar-refractivity contribution >= 4 is 0 Å². The van der Waals surface area contributed by atoms with E-state index in [4.69, 9.17) is 10.5 Å². The van der Waals surface area contributed by atoms with Gasteiger partial charge in [-0.1, -0.05) is 25.1 Å².